The summed E-state index contributed by atoms with van der Waals surface area (Å²) in [4.78, 5) is 0.215. The van der Waals surface area contributed by atoms with Crippen LogP contribution in [0.25, 0.3) is 0 Å². The highest BCUT2D eigenvalue weighted by Crippen LogP contribution is 2.20. The maximum atomic E-state index is 12.2. The van der Waals surface area contributed by atoms with Crippen LogP contribution in [0.2, 0.25) is 0 Å². The molecular weight excluding hydrogens is 262 g/mol. The summed E-state index contributed by atoms with van der Waals surface area (Å²) in [5.41, 5.74) is 0. The third kappa shape index (κ3) is 4.21. The average molecular weight is 283 g/mol. The Labute approximate surface area is 114 Å². The van der Waals surface area contributed by atoms with Gasteiger partial charge in [-0.15, -0.1) is 0 Å². The number of rotatable bonds is 3. The summed E-state index contributed by atoms with van der Waals surface area (Å²) in [5.74, 6) is 0.0740. The molecule has 1 aliphatic carbocycles. The van der Waals surface area contributed by atoms with E-state index in [1.54, 1.807) is 0 Å². The number of aromatic hydroxyl groups is 1. The van der Waals surface area contributed by atoms with E-state index in [-0.39, 0.29) is 16.7 Å². The standard InChI is InChI=1S/C14H21NO3S/c16-13-8-10-14(11-9-13)19(17,18)15-12-6-4-2-1-3-5-7-12/h8-12,15-16H,1-7H2. The van der Waals surface area contributed by atoms with Gasteiger partial charge in [-0.25, -0.2) is 13.1 Å². The highest BCUT2D eigenvalue weighted by molar-refractivity contribution is 7.89. The highest BCUT2D eigenvalue weighted by atomic mass is 32.2. The van der Waals surface area contributed by atoms with E-state index in [9.17, 15) is 13.5 Å². The fourth-order valence-corrected chi connectivity index (χ4v) is 3.79. The van der Waals surface area contributed by atoms with Crippen LogP contribution in [0.15, 0.2) is 29.2 Å². The molecule has 0 radical (unpaired) electrons. The van der Waals surface area contributed by atoms with Gasteiger partial charge in [0, 0.05) is 6.04 Å². The van der Waals surface area contributed by atoms with Crippen molar-refractivity contribution in [1.82, 2.24) is 4.72 Å². The topological polar surface area (TPSA) is 66.4 Å². The third-order valence-corrected chi connectivity index (χ3v) is 5.11. The average Bonchev–Trinajstić information content (AvgIpc) is 2.33. The normalized spacial score (nSPS) is 18.7. The Morgan fingerprint density at radius 2 is 1.47 bits per heavy atom. The summed E-state index contributed by atoms with van der Waals surface area (Å²) in [6, 6.07) is 5.69. The molecule has 1 aromatic carbocycles. The lowest BCUT2D eigenvalue weighted by atomic mass is 9.97. The molecule has 0 unspecified atom stereocenters. The zero-order chi connectivity index (χ0) is 13.7. The Kier molecular flexibility index (Phi) is 4.82. The molecule has 1 aromatic rings. The molecule has 2 N–H and O–H groups in total. The van der Waals surface area contributed by atoms with E-state index in [4.69, 9.17) is 0 Å². The van der Waals surface area contributed by atoms with Gasteiger partial charge in [0.05, 0.1) is 4.90 Å². The van der Waals surface area contributed by atoms with Crippen LogP contribution in [0, 0.1) is 0 Å². The van der Waals surface area contributed by atoms with Crippen molar-refractivity contribution >= 4 is 10.0 Å². The molecular formula is C14H21NO3S. The van der Waals surface area contributed by atoms with Gasteiger partial charge < -0.3 is 5.11 Å². The lowest BCUT2D eigenvalue weighted by Gasteiger charge is -2.20. The van der Waals surface area contributed by atoms with E-state index in [1.165, 1.54) is 43.5 Å². The molecule has 5 heteroatoms. The summed E-state index contributed by atoms with van der Waals surface area (Å²) in [6.45, 7) is 0. The molecule has 1 aliphatic rings. The maximum absolute atomic E-state index is 12.2. The third-order valence-electron chi connectivity index (χ3n) is 3.57. The lowest BCUT2D eigenvalue weighted by molar-refractivity contribution is 0.426. The van der Waals surface area contributed by atoms with Crippen molar-refractivity contribution in [3.8, 4) is 5.75 Å². The molecule has 0 aliphatic heterocycles. The van der Waals surface area contributed by atoms with Gasteiger partial charge in [0.15, 0.2) is 0 Å². The number of nitrogens with one attached hydrogen (secondary N) is 1. The van der Waals surface area contributed by atoms with Crippen molar-refractivity contribution in [2.75, 3.05) is 0 Å². The molecule has 0 amide bonds. The Morgan fingerprint density at radius 3 is 2.05 bits per heavy atom. The van der Waals surface area contributed by atoms with Gasteiger partial charge in [0.2, 0.25) is 10.0 Å². The first-order chi connectivity index (χ1) is 9.08. The number of benzene rings is 1. The van der Waals surface area contributed by atoms with E-state index in [0.29, 0.717) is 0 Å². The van der Waals surface area contributed by atoms with Gasteiger partial charge in [-0.05, 0) is 37.1 Å². The Balaban J connectivity index is 2.05. The Morgan fingerprint density at radius 1 is 0.947 bits per heavy atom. The van der Waals surface area contributed by atoms with Gasteiger partial charge >= 0.3 is 0 Å². The van der Waals surface area contributed by atoms with E-state index in [1.807, 2.05) is 0 Å². The molecule has 1 fully saturated rings. The number of phenols is 1. The van der Waals surface area contributed by atoms with E-state index >= 15 is 0 Å². The Hall–Kier alpha value is -1.07. The van der Waals surface area contributed by atoms with Crippen LogP contribution < -0.4 is 4.72 Å². The van der Waals surface area contributed by atoms with Crippen LogP contribution in [0.5, 0.6) is 5.75 Å². The molecule has 0 heterocycles. The van der Waals surface area contributed by atoms with Crippen LogP contribution in [-0.4, -0.2) is 19.6 Å². The smallest absolute Gasteiger partial charge is 0.240 e. The van der Waals surface area contributed by atoms with E-state index < -0.39 is 10.0 Å². The molecule has 0 saturated heterocycles. The molecule has 0 bridgehead atoms. The van der Waals surface area contributed by atoms with Crippen molar-refractivity contribution in [3.63, 3.8) is 0 Å². The number of hydrogen-bond acceptors (Lipinski definition) is 3. The van der Waals surface area contributed by atoms with Crippen molar-refractivity contribution in [2.24, 2.45) is 0 Å². The summed E-state index contributed by atoms with van der Waals surface area (Å²) in [7, 11) is -3.47. The fourth-order valence-electron chi connectivity index (χ4n) is 2.49. The zero-order valence-electron chi connectivity index (χ0n) is 11.0. The molecule has 2 rings (SSSR count). The second-order valence-corrected chi connectivity index (χ2v) is 6.87. The van der Waals surface area contributed by atoms with Crippen LogP contribution in [0.4, 0.5) is 0 Å². The molecule has 0 aromatic heterocycles. The highest BCUT2D eigenvalue weighted by Gasteiger charge is 2.20. The van der Waals surface area contributed by atoms with Crippen molar-refractivity contribution in [1.29, 1.82) is 0 Å². The SMILES string of the molecule is O=S(=O)(NC1CCCCCCC1)c1ccc(O)cc1. The summed E-state index contributed by atoms with van der Waals surface area (Å²) < 4.78 is 27.2. The van der Waals surface area contributed by atoms with Gasteiger partial charge in [-0.1, -0.05) is 32.1 Å². The zero-order valence-corrected chi connectivity index (χ0v) is 11.8. The second kappa shape index (κ2) is 6.39. The van der Waals surface area contributed by atoms with E-state index in [2.05, 4.69) is 4.72 Å². The lowest BCUT2D eigenvalue weighted by Crippen LogP contribution is -2.35. The van der Waals surface area contributed by atoms with Crippen LogP contribution in [-0.2, 0) is 10.0 Å². The first-order valence-corrected chi connectivity index (χ1v) is 8.37. The van der Waals surface area contributed by atoms with Gasteiger partial charge in [-0.2, -0.15) is 0 Å². The van der Waals surface area contributed by atoms with E-state index in [0.717, 1.165) is 25.7 Å². The molecule has 19 heavy (non-hydrogen) atoms. The molecule has 0 atom stereocenters. The number of phenolic OH excluding ortho intramolecular Hbond substituents is 1. The van der Waals surface area contributed by atoms with Crippen LogP contribution >= 0.6 is 0 Å². The first-order valence-electron chi connectivity index (χ1n) is 6.89. The molecule has 4 nitrogen and oxygen atoms in total. The monoisotopic (exact) mass is 283 g/mol. The Bertz CT molecular complexity index is 488. The molecule has 106 valence electrons. The van der Waals surface area contributed by atoms with Crippen LogP contribution in [0.3, 0.4) is 0 Å². The first kappa shape index (κ1) is 14.3. The van der Waals surface area contributed by atoms with Crippen molar-refractivity contribution in [3.05, 3.63) is 24.3 Å². The minimum absolute atomic E-state index is 0.0408. The molecule has 0 spiro atoms. The fraction of sp³-hybridized carbons (Fsp3) is 0.571. The summed E-state index contributed by atoms with van der Waals surface area (Å²) in [6.07, 6.45) is 7.65. The minimum Gasteiger partial charge on any atom is -0.508 e. The summed E-state index contributed by atoms with van der Waals surface area (Å²) >= 11 is 0. The largest absolute Gasteiger partial charge is 0.508 e. The predicted molar refractivity (Wildman–Crippen MR) is 74.5 cm³/mol. The van der Waals surface area contributed by atoms with Gasteiger partial charge in [-0.3, -0.25) is 0 Å². The molecule has 1 saturated carbocycles. The number of sulfonamides is 1. The second-order valence-electron chi connectivity index (χ2n) is 5.16. The van der Waals surface area contributed by atoms with Crippen molar-refractivity contribution < 1.29 is 13.5 Å². The summed E-state index contributed by atoms with van der Waals surface area (Å²) in [5, 5.41) is 9.20. The van der Waals surface area contributed by atoms with Gasteiger partial charge in [0.1, 0.15) is 5.75 Å². The minimum atomic E-state index is -3.47. The quantitative estimate of drug-likeness (QED) is 0.896. The maximum Gasteiger partial charge on any atom is 0.240 e. The van der Waals surface area contributed by atoms with Crippen molar-refractivity contribution in [2.45, 2.75) is 55.9 Å². The van der Waals surface area contributed by atoms with Gasteiger partial charge in [0.25, 0.3) is 0 Å². The number of hydrogen-bond donors (Lipinski definition) is 2. The van der Waals surface area contributed by atoms with Crippen LogP contribution in [0.1, 0.15) is 44.9 Å². The predicted octanol–water partition coefficient (Wildman–Crippen LogP) is 2.78.